The Kier molecular flexibility index (Phi) is 22.4. The van der Waals surface area contributed by atoms with Crippen molar-refractivity contribution in [2.24, 2.45) is 0 Å². The topological polar surface area (TPSA) is 230 Å². The van der Waals surface area contributed by atoms with Gasteiger partial charge in [0.2, 0.25) is 21.9 Å². The molecule has 0 saturated carbocycles. The number of pyridine rings is 6. The molecule has 0 aliphatic rings. The molecule has 7 aromatic rings. The zero-order valence-corrected chi connectivity index (χ0v) is 46.0. The molecule has 72 heavy (non-hydrogen) atoms. The van der Waals surface area contributed by atoms with Crippen molar-refractivity contribution in [3.63, 3.8) is 0 Å². The molecule has 0 radical (unpaired) electrons. The Morgan fingerprint density at radius 1 is 0.639 bits per heavy atom. The molecule has 382 valence electrons. The maximum absolute atomic E-state index is 14.1. The third-order valence-electron chi connectivity index (χ3n) is 9.53. The zero-order chi connectivity index (χ0) is 52.7. The summed E-state index contributed by atoms with van der Waals surface area (Å²) in [5, 5.41) is 8.29. The van der Waals surface area contributed by atoms with Gasteiger partial charge in [-0.25, -0.2) is 35.3 Å². The second-order valence-corrected chi connectivity index (χ2v) is 22.3. The first kappa shape index (κ1) is 60.4. The van der Waals surface area contributed by atoms with Gasteiger partial charge in [-0.2, -0.15) is 19.0 Å². The van der Waals surface area contributed by atoms with Crippen molar-refractivity contribution in [2.75, 3.05) is 12.5 Å². The minimum absolute atomic E-state index is 0. The first-order valence-electron chi connectivity index (χ1n) is 20.0. The molecule has 0 saturated heterocycles. The SMILES string of the molecule is CC(C)(c1cccc(C(=O)NS(C)(=O)=O)n1)c1cccc(-c2ccc(F)nc2F)n1.CC(C)(c1cccc(C(=O)[N-]S(C)(=O)=O)n1)c1cccc(-c2[c-]cc(F)nc2F)n1.N#Cc1ccccc1.[Cl][Pt][Cl].[Pt+2]. The van der Waals surface area contributed by atoms with Gasteiger partial charge in [0.15, 0.2) is 0 Å². The molecular formula is C47H39Cl2F4N9O6Pt2S2. The van der Waals surface area contributed by atoms with Crippen LogP contribution in [0, 0.1) is 41.2 Å². The number of hydrogen-bond acceptors (Lipinski definition) is 13. The molecule has 0 unspecified atom stereocenters. The summed E-state index contributed by atoms with van der Waals surface area (Å²) in [6, 6.07) is 35.9. The fourth-order valence-electron chi connectivity index (χ4n) is 6.02. The summed E-state index contributed by atoms with van der Waals surface area (Å²) in [6.07, 6.45) is 1.69. The van der Waals surface area contributed by atoms with Crippen molar-refractivity contribution in [3.8, 4) is 28.6 Å². The third-order valence-corrected chi connectivity index (χ3v) is 10.6. The molecule has 6 heterocycles. The number of rotatable bonds is 10. The van der Waals surface area contributed by atoms with Crippen LogP contribution in [0.4, 0.5) is 17.6 Å². The van der Waals surface area contributed by atoms with Crippen molar-refractivity contribution >= 4 is 50.7 Å². The van der Waals surface area contributed by atoms with Gasteiger partial charge in [-0.15, -0.1) is 6.07 Å². The van der Waals surface area contributed by atoms with E-state index in [-0.39, 0.29) is 55.0 Å². The fourth-order valence-corrected chi connectivity index (χ4v) is 6.85. The third kappa shape index (κ3) is 17.7. The van der Waals surface area contributed by atoms with Crippen LogP contribution in [0.2, 0.25) is 0 Å². The van der Waals surface area contributed by atoms with E-state index in [0.29, 0.717) is 28.3 Å². The van der Waals surface area contributed by atoms with Gasteiger partial charge < -0.3 is 14.5 Å². The van der Waals surface area contributed by atoms with E-state index < -0.39 is 83.0 Å². The fraction of sp³-hybridized carbons (Fsp3) is 0.170. The minimum Gasteiger partial charge on any atom is 2.00 e. The molecule has 6 aromatic heterocycles. The average Bonchev–Trinajstić information content (AvgIpc) is 3.31. The summed E-state index contributed by atoms with van der Waals surface area (Å²) in [5.74, 6) is -5.76. The number of halogens is 6. The monoisotopic (exact) mass is 1430 g/mol. The van der Waals surface area contributed by atoms with Crippen molar-refractivity contribution < 1.29 is 81.5 Å². The number of nitriles is 1. The molecule has 0 aliphatic carbocycles. The summed E-state index contributed by atoms with van der Waals surface area (Å²) in [4.78, 5) is 48.0. The smallest absolute Gasteiger partial charge is 2.00 e. The van der Waals surface area contributed by atoms with Gasteiger partial charge in [0.25, 0.3) is 5.91 Å². The molecule has 0 spiro atoms. The molecule has 1 N–H and O–H groups in total. The van der Waals surface area contributed by atoms with Crippen LogP contribution in [-0.2, 0) is 68.4 Å². The predicted octanol–water partition coefficient (Wildman–Crippen LogP) is 9.18. The van der Waals surface area contributed by atoms with Gasteiger partial charge in [-0.05, 0) is 100 Å². The normalized spacial score (nSPS) is 11.1. The number of amides is 2. The maximum atomic E-state index is 14.1. The first-order chi connectivity index (χ1) is 33.3. The van der Waals surface area contributed by atoms with Crippen LogP contribution in [0.3, 0.4) is 0 Å². The number of sulfonamides is 2. The molecule has 1 aromatic carbocycles. The number of hydrogen-bond donors (Lipinski definition) is 1. The molecule has 0 fully saturated rings. The molecule has 0 bridgehead atoms. The molecule has 0 atom stereocenters. The van der Waals surface area contributed by atoms with Gasteiger partial charge in [0.1, 0.15) is 23.5 Å². The van der Waals surface area contributed by atoms with Gasteiger partial charge in [0, 0.05) is 22.8 Å². The van der Waals surface area contributed by atoms with Gasteiger partial charge >= 0.3 is 56.4 Å². The van der Waals surface area contributed by atoms with Crippen molar-refractivity contribution in [1.29, 1.82) is 5.26 Å². The van der Waals surface area contributed by atoms with Crippen LogP contribution in [-0.4, -0.2) is 71.1 Å². The zero-order valence-electron chi connectivity index (χ0n) is 38.3. The minimum atomic E-state index is -3.86. The van der Waals surface area contributed by atoms with E-state index in [4.69, 9.17) is 24.1 Å². The Hall–Kier alpha value is -5.87. The van der Waals surface area contributed by atoms with Gasteiger partial charge in [0.05, 0.1) is 61.9 Å². The summed E-state index contributed by atoms with van der Waals surface area (Å²) >= 11 is -0.472. The van der Waals surface area contributed by atoms with Gasteiger partial charge in [-0.1, -0.05) is 60.2 Å². The van der Waals surface area contributed by atoms with Crippen LogP contribution >= 0.6 is 18.8 Å². The Labute approximate surface area is 444 Å². The quantitative estimate of drug-likeness (QED) is 0.0766. The largest absolute Gasteiger partial charge is 2.00 e. The average molecular weight is 1430 g/mol. The summed E-state index contributed by atoms with van der Waals surface area (Å²) < 4.78 is 104. The van der Waals surface area contributed by atoms with E-state index in [0.717, 1.165) is 24.6 Å². The maximum Gasteiger partial charge on any atom is 2.00 e. The number of benzene rings is 1. The van der Waals surface area contributed by atoms with E-state index in [1.165, 1.54) is 24.3 Å². The van der Waals surface area contributed by atoms with Gasteiger partial charge in [-0.3, -0.25) is 19.7 Å². The standard InChI is InChI=1S/C20H18F2N4O3S.C20H17F2N4O3S.C7H5N.2ClH.2Pt/c2*1-20(2,16-9-5-7-14(24-16)19(27)26-30(3,28)29)15-8-4-6-13(23-15)12-10-11-17(21)25-18(12)22;8-6-7-4-2-1-3-5-7;;;;/h4-11H,1-3H3,(H,26,27);4-9,11H,1-3H3,(H,26,27);1-5H;2*1H;;/q;-1;;;;2*+2/p-3. The Balaban J connectivity index is 0.000000310. The number of carbonyl (C=O) groups excluding carboxylic acids is 2. The van der Waals surface area contributed by atoms with Crippen molar-refractivity contribution in [2.45, 2.75) is 38.5 Å². The predicted molar refractivity (Wildman–Crippen MR) is 254 cm³/mol. The molecule has 7 rings (SSSR count). The molecule has 0 aliphatic heterocycles. The van der Waals surface area contributed by atoms with Crippen molar-refractivity contribution in [1.82, 2.24) is 34.6 Å². The van der Waals surface area contributed by atoms with Crippen LogP contribution in [0.1, 0.15) is 77.0 Å². The second kappa shape index (κ2) is 26.7. The van der Waals surface area contributed by atoms with Crippen LogP contribution < -0.4 is 4.72 Å². The summed E-state index contributed by atoms with van der Waals surface area (Å²) in [5.41, 5.74) is 1.12. The van der Waals surface area contributed by atoms with Crippen molar-refractivity contribution in [3.05, 3.63) is 196 Å². The number of carbonyl (C=O) groups is 2. The van der Waals surface area contributed by atoms with Crippen LogP contribution in [0.15, 0.2) is 121 Å². The number of aromatic nitrogens is 6. The molecular weight excluding hydrogens is 1390 g/mol. The summed E-state index contributed by atoms with van der Waals surface area (Å²) in [6.45, 7) is 7.18. The molecule has 15 nitrogen and oxygen atoms in total. The van der Waals surface area contributed by atoms with E-state index in [1.807, 2.05) is 29.0 Å². The van der Waals surface area contributed by atoms with E-state index in [9.17, 15) is 44.0 Å². The Morgan fingerprint density at radius 3 is 1.60 bits per heavy atom. The number of nitrogens with one attached hydrogen (secondary N) is 1. The molecule has 2 amide bonds. The van der Waals surface area contributed by atoms with E-state index in [2.05, 4.69) is 40.7 Å². The first-order valence-corrected chi connectivity index (χ1v) is 29.4. The van der Waals surface area contributed by atoms with Crippen LogP contribution in [0.5, 0.6) is 0 Å². The second-order valence-electron chi connectivity index (χ2n) is 15.6. The van der Waals surface area contributed by atoms with E-state index in [1.54, 1.807) is 94.4 Å². The Bertz CT molecular complexity index is 3120. The number of nitrogens with zero attached hydrogens (tertiary/aromatic N) is 8. The van der Waals surface area contributed by atoms with E-state index >= 15 is 0 Å². The molecule has 25 heteroatoms. The summed E-state index contributed by atoms with van der Waals surface area (Å²) in [7, 11) is 2.15. The van der Waals surface area contributed by atoms with Crippen LogP contribution in [0.25, 0.3) is 27.2 Å². The Morgan fingerprint density at radius 2 is 1.11 bits per heavy atom.